The third-order valence-corrected chi connectivity index (χ3v) is 5.93. The van der Waals surface area contributed by atoms with Gasteiger partial charge < -0.3 is 15.0 Å². The summed E-state index contributed by atoms with van der Waals surface area (Å²) in [6, 6.07) is 6.39. The summed E-state index contributed by atoms with van der Waals surface area (Å²) in [6.45, 7) is 8.46. The monoisotopic (exact) mass is 459 g/mol. The molecule has 172 valence electrons. The van der Waals surface area contributed by atoms with Crippen LogP contribution in [0.1, 0.15) is 46.7 Å². The Bertz CT molecular complexity index is 955. The summed E-state index contributed by atoms with van der Waals surface area (Å²) in [5.74, 6) is -1.17. The molecule has 0 saturated carbocycles. The van der Waals surface area contributed by atoms with Crippen LogP contribution in [0.3, 0.4) is 0 Å². The van der Waals surface area contributed by atoms with Crippen LogP contribution in [0.15, 0.2) is 29.6 Å². The molecule has 2 aromatic rings. The zero-order chi connectivity index (χ0) is 23.1. The normalized spacial score (nSPS) is 14.7. The quantitative estimate of drug-likeness (QED) is 0.545. The number of benzene rings is 1. The first-order chi connectivity index (χ1) is 15.3. The van der Waals surface area contributed by atoms with E-state index in [0.717, 1.165) is 23.8 Å². The lowest BCUT2D eigenvalue weighted by Crippen LogP contribution is -2.52. The number of hydrogen-bond donors (Lipinski definition) is 3. The van der Waals surface area contributed by atoms with Gasteiger partial charge in [-0.15, -0.1) is 11.3 Å². The van der Waals surface area contributed by atoms with Crippen LogP contribution in [0.4, 0.5) is 5.13 Å². The zero-order valence-corrected chi connectivity index (χ0v) is 19.3. The second-order valence-electron chi connectivity index (χ2n) is 8.03. The predicted molar refractivity (Wildman–Crippen MR) is 123 cm³/mol. The first-order valence-electron chi connectivity index (χ1n) is 10.6. The van der Waals surface area contributed by atoms with Crippen molar-refractivity contribution in [3.63, 3.8) is 0 Å². The maximum absolute atomic E-state index is 12.7. The number of hydrogen-bond acceptors (Lipinski definition) is 7. The van der Waals surface area contributed by atoms with E-state index in [1.54, 1.807) is 17.5 Å². The van der Waals surface area contributed by atoms with E-state index in [1.807, 2.05) is 32.9 Å². The van der Waals surface area contributed by atoms with Crippen LogP contribution in [-0.2, 0) is 9.53 Å². The molecule has 10 heteroatoms. The molecule has 1 fully saturated rings. The highest BCUT2D eigenvalue weighted by atomic mass is 32.1. The zero-order valence-electron chi connectivity index (χ0n) is 18.5. The Kier molecular flexibility index (Phi) is 8.18. The summed E-state index contributed by atoms with van der Waals surface area (Å²) in [7, 11) is 0. The van der Waals surface area contributed by atoms with Gasteiger partial charge in [0.25, 0.3) is 17.7 Å². The molecule has 1 atom stereocenters. The van der Waals surface area contributed by atoms with E-state index in [-0.39, 0.29) is 17.5 Å². The highest BCUT2D eigenvalue weighted by Gasteiger charge is 2.24. The molecule has 1 saturated heterocycles. The second kappa shape index (κ2) is 11.1. The Hall–Kier alpha value is -2.98. The number of hydrazine groups is 1. The van der Waals surface area contributed by atoms with Crippen LogP contribution in [0.5, 0.6) is 0 Å². The smallest absolute Gasteiger partial charge is 0.289 e. The van der Waals surface area contributed by atoms with Crippen molar-refractivity contribution < 1.29 is 19.1 Å². The number of thiazole rings is 1. The number of nitrogens with zero attached hydrogens (tertiary/aromatic N) is 2. The number of carbonyl (C=O) groups excluding carboxylic acids is 3. The van der Waals surface area contributed by atoms with Gasteiger partial charge in [-0.05, 0) is 30.9 Å². The van der Waals surface area contributed by atoms with Gasteiger partial charge >= 0.3 is 0 Å². The topological polar surface area (TPSA) is 113 Å². The van der Waals surface area contributed by atoms with Crippen molar-refractivity contribution in [2.75, 3.05) is 31.2 Å². The molecule has 3 amide bonds. The lowest BCUT2D eigenvalue weighted by Gasteiger charge is -2.25. The number of amides is 3. The molecule has 0 aliphatic carbocycles. The predicted octanol–water partition coefficient (Wildman–Crippen LogP) is 1.89. The minimum atomic E-state index is -0.790. The third kappa shape index (κ3) is 6.27. The number of aryl methyl sites for hydroxylation is 1. The van der Waals surface area contributed by atoms with Gasteiger partial charge in [0.2, 0.25) is 0 Å². The van der Waals surface area contributed by atoms with Crippen molar-refractivity contribution in [2.45, 2.75) is 33.2 Å². The maximum Gasteiger partial charge on any atom is 0.289 e. The van der Waals surface area contributed by atoms with Crippen LogP contribution in [0.25, 0.3) is 0 Å². The highest BCUT2D eigenvalue weighted by Crippen LogP contribution is 2.21. The largest absolute Gasteiger partial charge is 0.378 e. The minimum absolute atomic E-state index is 0.160. The molecular weight excluding hydrogens is 430 g/mol. The van der Waals surface area contributed by atoms with Gasteiger partial charge in [-0.3, -0.25) is 25.2 Å². The Morgan fingerprint density at radius 3 is 2.53 bits per heavy atom. The van der Waals surface area contributed by atoms with Gasteiger partial charge in [-0.1, -0.05) is 32.0 Å². The molecular formula is C22H29N5O4S. The van der Waals surface area contributed by atoms with Crippen molar-refractivity contribution in [2.24, 2.45) is 5.92 Å². The molecule has 0 bridgehead atoms. The molecule has 1 aliphatic heterocycles. The Morgan fingerprint density at radius 2 is 1.84 bits per heavy atom. The Morgan fingerprint density at radius 1 is 1.12 bits per heavy atom. The number of aromatic nitrogens is 1. The molecule has 1 unspecified atom stereocenters. The van der Waals surface area contributed by atoms with E-state index >= 15 is 0 Å². The lowest BCUT2D eigenvalue weighted by atomic mass is 10.0. The van der Waals surface area contributed by atoms with Crippen LogP contribution >= 0.6 is 11.3 Å². The van der Waals surface area contributed by atoms with E-state index in [0.29, 0.717) is 25.2 Å². The Labute approximate surface area is 191 Å². The SMILES string of the molecule is Cc1ccccc1C(=O)NC(CC(C)C)C(=O)NNC(=O)c1csc(N2CCOCC2)n1. The van der Waals surface area contributed by atoms with Gasteiger partial charge in [0, 0.05) is 24.0 Å². The van der Waals surface area contributed by atoms with Gasteiger partial charge in [0.15, 0.2) is 5.13 Å². The molecule has 32 heavy (non-hydrogen) atoms. The van der Waals surface area contributed by atoms with Gasteiger partial charge in [-0.2, -0.15) is 0 Å². The van der Waals surface area contributed by atoms with Gasteiger partial charge in [-0.25, -0.2) is 4.98 Å². The van der Waals surface area contributed by atoms with Crippen molar-refractivity contribution in [1.82, 2.24) is 21.2 Å². The fraction of sp³-hybridized carbons (Fsp3) is 0.455. The van der Waals surface area contributed by atoms with E-state index in [4.69, 9.17) is 4.74 Å². The maximum atomic E-state index is 12.7. The summed E-state index contributed by atoms with van der Waals surface area (Å²) in [6.07, 6.45) is 0.428. The fourth-order valence-corrected chi connectivity index (χ4v) is 4.16. The van der Waals surface area contributed by atoms with E-state index in [2.05, 4.69) is 26.1 Å². The molecule has 2 heterocycles. The van der Waals surface area contributed by atoms with Crippen LogP contribution in [0.2, 0.25) is 0 Å². The summed E-state index contributed by atoms with van der Waals surface area (Å²) >= 11 is 1.37. The average molecular weight is 460 g/mol. The van der Waals surface area contributed by atoms with Crippen molar-refractivity contribution in [3.8, 4) is 0 Å². The van der Waals surface area contributed by atoms with Crippen LogP contribution in [0, 0.1) is 12.8 Å². The lowest BCUT2D eigenvalue weighted by molar-refractivity contribution is -0.124. The van der Waals surface area contributed by atoms with E-state index in [1.165, 1.54) is 11.3 Å². The number of ether oxygens (including phenoxy) is 1. The molecule has 0 radical (unpaired) electrons. The van der Waals surface area contributed by atoms with Gasteiger partial charge in [0.1, 0.15) is 11.7 Å². The van der Waals surface area contributed by atoms with E-state index in [9.17, 15) is 14.4 Å². The number of nitrogens with one attached hydrogen (secondary N) is 3. The highest BCUT2D eigenvalue weighted by molar-refractivity contribution is 7.13. The number of morpholine rings is 1. The molecule has 1 aromatic carbocycles. The minimum Gasteiger partial charge on any atom is -0.378 e. The molecule has 9 nitrogen and oxygen atoms in total. The van der Waals surface area contributed by atoms with Crippen molar-refractivity contribution in [1.29, 1.82) is 0 Å². The fourth-order valence-electron chi connectivity index (χ4n) is 3.30. The average Bonchev–Trinajstić information content (AvgIpc) is 3.28. The number of carbonyl (C=O) groups is 3. The van der Waals surface area contributed by atoms with Crippen molar-refractivity contribution >= 4 is 34.2 Å². The summed E-state index contributed by atoms with van der Waals surface area (Å²) in [4.78, 5) is 44.3. The van der Waals surface area contributed by atoms with Gasteiger partial charge in [0.05, 0.1) is 13.2 Å². The first kappa shape index (κ1) is 23.7. The summed E-state index contributed by atoms with van der Waals surface area (Å²) in [5.41, 5.74) is 6.38. The number of rotatable bonds is 7. The molecule has 3 rings (SSSR count). The van der Waals surface area contributed by atoms with E-state index < -0.39 is 17.9 Å². The van der Waals surface area contributed by atoms with Crippen LogP contribution in [-0.4, -0.2) is 55.1 Å². The summed E-state index contributed by atoms with van der Waals surface area (Å²) in [5, 5.41) is 5.18. The molecule has 3 N–H and O–H groups in total. The Balaban J connectivity index is 1.58. The third-order valence-electron chi connectivity index (χ3n) is 5.02. The van der Waals surface area contributed by atoms with Crippen molar-refractivity contribution in [3.05, 3.63) is 46.5 Å². The molecule has 1 aliphatic rings. The summed E-state index contributed by atoms with van der Waals surface area (Å²) < 4.78 is 5.33. The molecule has 1 aromatic heterocycles. The second-order valence-corrected chi connectivity index (χ2v) is 8.87. The standard InChI is InChI=1S/C22H29N5O4S/c1-14(2)12-17(23-19(28)16-7-5-4-6-15(16)3)20(29)25-26-21(30)18-13-32-22(24-18)27-8-10-31-11-9-27/h4-7,13-14,17H,8-12H2,1-3H3,(H,23,28)(H,25,29)(H,26,30). The molecule has 0 spiro atoms. The number of anilines is 1. The van der Waals surface area contributed by atoms with Crippen LogP contribution < -0.4 is 21.1 Å². The first-order valence-corrected chi connectivity index (χ1v) is 11.5.